The molecule has 0 bridgehead atoms. The van der Waals surface area contributed by atoms with Crippen LogP contribution in [0.1, 0.15) is 41.1 Å². The average Bonchev–Trinajstić information content (AvgIpc) is 3.17. The zero-order valence-corrected chi connectivity index (χ0v) is 17.1. The quantitative estimate of drug-likeness (QED) is 0.433. The Morgan fingerprint density at radius 2 is 2.08 bits per heavy atom. The van der Waals surface area contributed by atoms with Gasteiger partial charge in [0.2, 0.25) is 0 Å². The largest absolute Gasteiger partial charge is 1.00 e. The fraction of sp³-hybridized carbons (Fsp3) is 0.562. The molecule has 2 heterocycles. The van der Waals surface area contributed by atoms with Gasteiger partial charge in [-0.1, -0.05) is 18.3 Å². The van der Waals surface area contributed by atoms with Gasteiger partial charge in [0, 0.05) is 22.8 Å². The minimum atomic E-state index is -2.98. The van der Waals surface area contributed by atoms with Gasteiger partial charge in [-0.3, -0.25) is 0 Å². The van der Waals surface area contributed by atoms with Crippen molar-refractivity contribution < 1.29 is 54.2 Å². The van der Waals surface area contributed by atoms with Gasteiger partial charge in [0.15, 0.2) is 0 Å². The third kappa shape index (κ3) is 3.76. The molecule has 0 unspecified atom stereocenters. The zero-order chi connectivity index (χ0) is 16.9. The molecular weight excluding hydrogens is 352 g/mol. The van der Waals surface area contributed by atoms with Crippen LogP contribution in [-0.2, 0) is 0 Å². The number of thioether (sulfide) groups is 1. The number of likely N-dealkylation sites (tertiary alicyclic amines) is 1. The van der Waals surface area contributed by atoms with Crippen LogP contribution in [0, 0.1) is 0 Å². The van der Waals surface area contributed by atoms with Crippen molar-refractivity contribution in [2.45, 2.75) is 35.9 Å². The molecule has 0 radical (unpaired) electrons. The second-order valence-corrected chi connectivity index (χ2v) is 8.06. The molecule has 25 heavy (non-hydrogen) atoms. The summed E-state index contributed by atoms with van der Waals surface area (Å²) < 4.78 is 5.32. The molecule has 4 rings (SSSR count). The molecule has 0 aromatic heterocycles. The normalized spacial score (nSPS) is 26.2. The SMILES string of the molecule is O=C([O-])c1c(SCCN2CCCC2)ccc2c1O[B-](O)(O)[C@H]1C[C@@H]21.[Na+]. The van der Waals surface area contributed by atoms with Crippen LogP contribution >= 0.6 is 11.8 Å². The first-order chi connectivity index (χ1) is 11.5. The van der Waals surface area contributed by atoms with Gasteiger partial charge >= 0.3 is 36.3 Å². The molecule has 6 nitrogen and oxygen atoms in total. The number of hydrogen-bond acceptors (Lipinski definition) is 7. The maximum absolute atomic E-state index is 11.7. The van der Waals surface area contributed by atoms with Crippen molar-refractivity contribution in [3.05, 3.63) is 23.3 Å². The second-order valence-electron chi connectivity index (χ2n) is 6.93. The summed E-state index contributed by atoms with van der Waals surface area (Å²) in [5, 5.41) is 31.7. The zero-order valence-electron chi connectivity index (χ0n) is 14.3. The molecule has 2 atom stereocenters. The predicted octanol–water partition coefficient (Wildman–Crippen LogP) is -2.58. The summed E-state index contributed by atoms with van der Waals surface area (Å²) in [6.45, 7) is 0.129. The van der Waals surface area contributed by atoms with Crippen LogP contribution in [0.2, 0.25) is 5.82 Å². The first-order valence-electron chi connectivity index (χ1n) is 8.49. The Labute approximate surface area is 173 Å². The Hall–Kier alpha value is -0.215. The molecule has 9 heteroatoms. The fourth-order valence-corrected chi connectivity index (χ4v) is 4.97. The Bertz CT molecular complexity index is 683. The molecular formula is C16H20BNNaO5S-. The van der Waals surface area contributed by atoms with E-state index in [1.54, 1.807) is 6.07 Å². The van der Waals surface area contributed by atoms with E-state index in [0.717, 1.165) is 31.0 Å². The summed E-state index contributed by atoms with van der Waals surface area (Å²) in [7, 11) is 0. The summed E-state index contributed by atoms with van der Waals surface area (Å²) >= 11 is 1.45. The number of aromatic carboxylic acids is 1. The summed E-state index contributed by atoms with van der Waals surface area (Å²) in [5.74, 6) is -0.808. The van der Waals surface area contributed by atoms with Crippen molar-refractivity contribution in [1.82, 2.24) is 4.90 Å². The Balaban J connectivity index is 0.00000182. The van der Waals surface area contributed by atoms with Crippen molar-refractivity contribution in [3.63, 3.8) is 0 Å². The number of carboxylic acids is 1. The van der Waals surface area contributed by atoms with Crippen LogP contribution in [0.15, 0.2) is 17.0 Å². The number of benzene rings is 1. The van der Waals surface area contributed by atoms with E-state index < -0.39 is 12.7 Å². The Morgan fingerprint density at radius 1 is 1.36 bits per heavy atom. The number of nitrogens with zero attached hydrogens (tertiary/aromatic N) is 1. The molecule has 2 fully saturated rings. The van der Waals surface area contributed by atoms with Gasteiger partial charge in [-0.2, -0.15) is 0 Å². The van der Waals surface area contributed by atoms with Gasteiger partial charge in [0.25, 0.3) is 0 Å². The topological polar surface area (TPSA) is 93.1 Å². The predicted molar refractivity (Wildman–Crippen MR) is 89.1 cm³/mol. The van der Waals surface area contributed by atoms with Gasteiger partial charge in [-0.25, -0.2) is 0 Å². The molecule has 0 spiro atoms. The molecule has 130 valence electrons. The van der Waals surface area contributed by atoms with Crippen molar-refractivity contribution in [1.29, 1.82) is 0 Å². The smallest absolute Gasteiger partial charge is 0.669 e. The molecule has 1 aliphatic carbocycles. The molecule has 0 amide bonds. The molecule has 1 saturated carbocycles. The summed E-state index contributed by atoms with van der Waals surface area (Å²) in [5.41, 5.74) is 0.710. The van der Waals surface area contributed by atoms with Gasteiger partial charge in [0.1, 0.15) is 0 Å². The van der Waals surface area contributed by atoms with Gasteiger partial charge < -0.3 is 29.5 Å². The molecule has 1 saturated heterocycles. The fourth-order valence-electron chi connectivity index (χ4n) is 3.92. The van der Waals surface area contributed by atoms with E-state index in [1.165, 1.54) is 24.6 Å². The molecule has 3 aliphatic rings. The minimum absolute atomic E-state index is 0. The summed E-state index contributed by atoms with van der Waals surface area (Å²) in [6.07, 6.45) is 3.07. The average molecular weight is 372 g/mol. The van der Waals surface area contributed by atoms with Crippen LogP contribution in [0.3, 0.4) is 0 Å². The van der Waals surface area contributed by atoms with E-state index in [-0.39, 0.29) is 52.6 Å². The molecule has 1 aromatic carbocycles. The van der Waals surface area contributed by atoms with Gasteiger partial charge in [0.05, 0.1) is 11.7 Å². The van der Waals surface area contributed by atoms with Crippen molar-refractivity contribution in [2.75, 3.05) is 25.4 Å². The molecule has 2 N–H and O–H groups in total. The van der Waals surface area contributed by atoms with Crippen LogP contribution in [-0.4, -0.2) is 53.1 Å². The van der Waals surface area contributed by atoms with E-state index in [1.807, 2.05) is 6.07 Å². The number of carbonyl (C=O) groups is 1. The maximum Gasteiger partial charge on any atom is 1.00 e. The maximum atomic E-state index is 11.7. The molecule has 1 aromatic rings. The summed E-state index contributed by atoms with van der Waals surface area (Å²) in [6, 6.07) is 3.65. The standard InChI is InChI=1S/C16H21BNO5S.Na/c19-16(20)14-13(24-8-7-18-5-1-2-6-18)4-3-10-11-9-12(11)17(21,22)23-15(10)14;/h3-4,11-12,21-22H,1-2,5-9H2,(H,19,20);/q-1;+1/p-1/t11-,12-;/m0./s1. The Morgan fingerprint density at radius 3 is 2.76 bits per heavy atom. The monoisotopic (exact) mass is 372 g/mol. The van der Waals surface area contributed by atoms with E-state index in [4.69, 9.17) is 4.65 Å². The second kappa shape index (κ2) is 7.42. The van der Waals surface area contributed by atoms with Crippen LogP contribution < -0.4 is 39.3 Å². The number of rotatable bonds is 5. The number of hydrogen-bond donors (Lipinski definition) is 2. The van der Waals surface area contributed by atoms with Crippen molar-refractivity contribution in [2.24, 2.45) is 0 Å². The van der Waals surface area contributed by atoms with Gasteiger partial charge in [-0.15, -0.1) is 11.8 Å². The van der Waals surface area contributed by atoms with Crippen molar-refractivity contribution >= 4 is 24.5 Å². The summed E-state index contributed by atoms with van der Waals surface area (Å²) in [4.78, 5) is 14.6. The van der Waals surface area contributed by atoms with E-state index in [9.17, 15) is 19.9 Å². The van der Waals surface area contributed by atoms with E-state index in [2.05, 4.69) is 4.90 Å². The number of fused-ring (bicyclic) bond motifs is 3. The molecule has 2 aliphatic heterocycles. The number of carbonyl (C=O) groups excluding carboxylic acids is 1. The number of carboxylic acid groups (broad SMARTS) is 1. The van der Waals surface area contributed by atoms with E-state index >= 15 is 0 Å². The van der Waals surface area contributed by atoms with E-state index in [0.29, 0.717) is 11.3 Å². The van der Waals surface area contributed by atoms with Crippen LogP contribution in [0.4, 0.5) is 0 Å². The van der Waals surface area contributed by atoms with Gasteiger partial charge in [-0.05, 0) is 43.5 Å². The van der Waals surface area contributed by atoms with Crippen LogP contribution in [0.25, 0.3) is 0 Å². The minimum Gasteiger partial charge on any atom is -0.669 e. The first-order valence-corrected chi connectivity index (χ1v) is 9.47. The third-order valence-corrected chi connectivity index (χ3v) is 6.34. The third-order valence-electron chi connectivity index (χ3n) is 5.31. The first kappa shape index (κ1) is 19.5. The Kier molecular flexibility index (Phi) is 5.80. The van der Waals surface area contributed by atoms with Crippen LogP contribution in [0.5, 0.6) is 5.75 Å². The van der Waals surface area contributed by atoms with Crippen molar-refractivity contribution in [3.8, 4) is 5.75 Å².